The van der Waals surface area contributed by atoms with E-state index in [-0.39, 0.29) is 23.4 Å². The fraction of sp³-hybridized carbons (Fsp3) is 0.708. The maximum absolute atomic E-state index is 14.0. The van der Waals surface area contributed by atoms with Gasteiger partial charge in [0.1, 0.15) is 5.82 Å². The van der Waals surface area contributed by atoms with Crippen LogP contribution in [0.15, 0.2) is 24.3 Å². The summed E-state index contributed by atoms with van der Waals surface area (Å²) >= 11 is 0. The van der Waals surface area contributed by atoms with E-state index >= 15 is 0 Å². The third-order valence-corrected chi connectivity index (χ3v) is 9.23. The number of hydrogen-bond acceptors (Lipinski definition) is 4. The van der Waals surface area contributed by atoms with Crippen molar-refractivity contribution in [1.82, 2.24) is 9.21 Å². The summed E-state index contributed by atoms with van der Waals surface area (Å²) < 4.78 is 46.2. The quantitative estimate of drug-likeness (QED) is 0.667. The predicted molar refractivity (Wildman–Crippen MR) is 121 cm³/mol. The third-order valence-electron chi connectivity index (χ3n) is 7.82. The van der Waals surface area contributed by atoms with Crippen LogP contribution >= 0.6 is 0 Å². The standard InChI is InChI=1S/C24H35FN2O4S/c1-3-27(32(2,29)30)21-9-16-31-23(18-21)12-14-26(15-13-23)22(28)24(10-4-5-11-24)19-7-6-8-20(25)17-19/h6-8,17,21H,3-5,9-16,18H2,1-2H3/t21-/m1/s1. The van der Waals surface area contributed by atoms with E-state index in [1.165, 1.54) is 18.4 Å². The van der Waals surface area contributed by atoms with Crippen LogP contribution in [0.2, 0.25) is 0 Å². The molecule has 1 atom stereocenters. The largest absolute Gasteiger partial charge is 0.375 e. The minimum atomic E-state index is -3.26. The van der Waals surface area contributed by atoms with Crippen molar-refractivity contribution in [2.45, 2.75) is 75.3 Å². The SMILES string of the molecule is CCN([C@@H]1CCOC2(CCN(C(=O)C3(c4cccc(F)c4)CCCC3)CC2)C1)S(C)(=O)=O. The van der Waals surface area contributed by atoms with E-state index in [0.717, 1.165) is 31.2 Å². The molecule has 3 aliphatic rings. The smallest absolute Gasteiger partial charge is 0.233 e. The van der Waals surface area contributed by atoms with E-state index in [1.807, 2.05) is 17.9 Å². The number of rotatable bonds is 5. The molecule has 4 rings (SSSR count). The van der Waals surface area contributed by atoms with Crippen LogP contribution in [0.5, 0.6) is 0 Å². The fourth-order valence-electron chi connectivity index (χ4n) is 6.17. The van der Waals surface area contributed by atoms with Crippen molar-refractivity contribution < 1.29 is 22.3 Å². The van der Waals surface area contributed by atoms with Gasteiger partial charge in [-0.05, 0) is 56.2 Å². The number of carbonyl (C=O) groups excluding carboxylic acids is 1. The molecule has 32 heavy (non-hydrogen) atoms. The average Bonchev–Trinajstić information content (AvgIpc) is 3.25. The monoisotopic (exact) mass is 466 g/mol. The van der Waals surface area contributed by atoms with E-state index in [9.17, 15) is 17.6 Å². The van der Waals surface area contributed by atoms with E-state index in [2.05, 4.69) is 0 Å². The van der Waals surface area contributed by atoms with Crippen molar-refractivity contribution in [2.24, 2.45) is 0 Å². The summed E-state index contributed by atoms with van der Waals surface area (Å²) in [5.74, 6) is -0.193. The van der Waals surface area contributed by atoms with E-state index in [1.54, 1.807) is 10.4 Å². The lowest BCUT2D eigenvalue weighted by Crippen LogP contribution is -2.57. The molecule has 0 N–H and O–H groups in total. The van der Waals surface area contributed by atoms with Gasteiger partial charge in [0, 0.05) is 32.3 Å². The predicted octanol–water partition coefficient (Wildman–Crippen LogP) is 3.46. The zero-order chi connectivity index (χ0) is 23.0. The first-order valence-electron chi connectivity index (χ1n) is 11.9. The van der Waals surface area contributed by atoms with Crippen molar-refractivity contribution in [3.8, 4) is 0 Å². The number of benzene rings is 1. The number of nitrogens with zero attached hydrogens (tertiary/aromatic N) is 2. The van der Waals surface area contributed by atoms with Gasteiger partial charge in [-0.3, -0.25) is 4.79 Å². The summed E-state index contributed by atoms with van der Waals surface area (Å²) in [6.45, 7) is 4.05. The first-order valence-corrected chi connectivity index (χ1v) is 13.7. The summed E-state index contributed by atoms with van der Waals surface area (Å²) in [5.41, 5.74) is -0.210. The molecule has 0 unspecified atom stereocenters. The van der Waals surface area contributed by atoms with Gasteiger partial charge in [-0.15, -0.1) is 0 Å². The second-order valence-electron chi connectivity index (χ2n) is 9.74. The number of hydrogen-bond donors (Lipinski definition) is 0. The highest BCUT2D eigenvalue weighted by molar-refractivity contribution is 7.88. The summed E-state index contributed by atoms with van der Waals surface area (Å²) in [6, 6.07) is 6.47. The highest BCUT2D eigenvalue weighted by Gasteiger charge is 2.48. The Labute approximate surface area is 191 Å². The van der Waals surface area contributed by atoms with Crippen molar-refractivity contribution in [2.75, 3.05) is 32.5 Å². The van der Waals surface area contributed by atoms with Crippen LogP contribution in [-0.2, 0) is 25.0 Å². The molecule has 2 saturated heterocycles. The molecule has 1 aromatic carbocycles. The lowest BCUT2D eigenvalue weighted by Gasteiger charge is -2.49. The second kappa shape index (κ2) is 9.03. The Balaban J connectivity index is 1.47. The molecular formula is C24H35FN2O4S. The van der Waals surface area contributed by atoms with Gasteiger partial charge in [0.05, 0.1) is 17.3 Å². The third kappa shape index (κ3) is 4.46. The van der Waals surface area contributed by atoms with Gasteiger partial charge in [0.25, 0.3) is 0 Å². The van der Waals surface area contributed by atoms with Gasteiger partial charge >= 0.3 is 0 Å². The molecule has 1 saturated carbocycles. The van der Waals surface area contributed by atoms with Crippen LogP contribution in [0.3, 0.4) is 0 Å². The van der Waals surface area contributed by atoms with Crippen molar-refractivity contribution in [1.29, 1.82) is 0 Å². The van der Waals surface area contributed by atoms with Gasteiger partial charge in [-0.1, -0.05) is 31.9 Å². The molecule has 1 aliphatic carbocycles. The number of ether oxygens (including phenoxy) is 1. The molecule has 1 aromatic rings. The number of carbonyl (C=O) groups is 1. The van der Waals surface area contributed by atoms with Gasteiger partial charge < -0.3 is 9.64 Å². The Morgan fingerprint density at radius 1 is 1.22 bits per heavy atom. The van der Waals surface area contributed by atoms with Crippen LogP contribution in [-0.4, -0.2) is 67.7 Å². The topological polar surface area (TPSA) is 66.9 Å². The van der Waals surface area contributed by atoms with Gasteiger partial charge in [-0.25, -0.2) is 12.8 Å². The van der Waals surface area contributed by atoms with Crippen molar-refractivity contribution in [3.05, 3.63) is 35.6 Å². The summed E-state index contributed by atoms with van der Waals surface area (Å²) in [4.78, 5) is 15.7. The van der Waals surface area contributed by atoms with E-state index in [4.69, 9.17) is 4.74 Å². The summed E-state index contributed by atoms with van der Waals surface area (Å²) in [7, 11) is -3.26. The number of halogens is 1. The zero-order valence-corrected chi connectivity index (χ0v) is 20.0. The Morgan fingerprint density at radius 2 is 1.91 bits per heavy atom. The highest BCUT2D eigenvalue weighted by atomic mass is 32.2. The minimum absolute atomic E-state index is 0.0560. The van der Waals surface area contributed by atoms with Gasteiger partial charge in [0.15, 0.2) is 0 Å². The van der Waals surface area contributed by atoms with Gasteiger partial charge in [-0.2, -0.15) is 4.31 Å². The Hall–Kier alpha value is -1.51. The van der Waals surface area contributed by atoms with Crippen LogP contribution in [0, 0.1) is 5.82 Å². The van der Waals surface area contributed by atoms with Gasteiger partial charge in [0.2, 0.25) is 15.9 Å². The Morgan fingerprint density at radius 3 is 2.50 bits per heavy atom. The molecule has 2 aliphatic heterocycles. The maximum Gasteiger partial charge on any atom is 0.233 e. The van der Waals surface area contributed by atoms with E-state index in [0.29, 0.717) is 51.9 Å². The maximum atomic E-state index is 14.0. The first kappa shape index (κ1) is 23.6. The fourth-order valence-corrected chi connectivity index (χ4v) is 7.36. The lowest BCUT2D eigenvalue weighted by atomic mass is 9.76. The Bertz CT molecular complexity index is 937. The number of sulfonamides is 1. The van der Waals surface area contributed by atoms with E-state index < -0.39 is 15.4 Å². The van der Waals surface area contributed by atoms with Crippen LogP contribution in [0.4, 0.5) is 4.39 Å². The molecule has 2 heterocycles. The molecular weight excluding hydrogens is 431 g/mol. The summed E-state index contributed by atoms with van der Waals surface area (Å²) in [6.07, 6.45) is 7.52. The summed E-state index contributed by atoms with van der Waals surface area (Å²) in [5, 5.41) is 0. The molecule has 178 valence electrons. The highest BCUT2D eigenvalue weighted by Crippen LogP contribution is 2.44. The number of piperidine rings is 1. The average molecular weight is 467 g/mol. The number of likely N-dealkylation sites (tertiary alicyclic amines) is 1. The normalized spacial score (nSPS) is 25.4. The molecule has 0 radical (unpaired) electrons. The Kier molecular flexibility index (Phi) is 6.67. The molecule has 0 aromatic heterocycles. The number of amides is 1. The molecule has 1 amide bonds. The first-order chi connectivity index (χ1) is 15.2. The van der Waals surface area contributed by atoms with Crippen molar-refractivity contribution in [3.63, 3.8) is 0 Å². The molecule has 8 heteroatoms. The van der Waals surface area contributed by atoms with Crippen LogP contribution < -0.4 is 0 Å². The van der Waals surface area contributed by atoms with Crippen molar-refractivity contribution >= 4 is 15.9 Å². The molecule has 6 nitrogen and oxygen atoms in total. The lowest BCUT2D eigenvalue weighted by molar-refractivity contribution is -0.151. The van der Waals surface area contributed by atoms with Crippen LogP contribution in [0.25, 0.3) is 0 Å². The van der Waals surface area contributed by atoms with Crippen LogP contribution in [0.1, 0.15) is 63.9 Å². The molecule has 0 bridgehead atoms. The zero-order valence-electron chi connectivity index (χ0n) is 19.2. The second-order valence-corrected chi connectivity index (χ2v) is 11.7. The molecule has 1 spiro atoms. The molecule has 3 fully saturated rings. The minimum Gasteiger partial charge on any atom is -0.375 e.